The second kappa shape index (κ2) is 6.04. The molecule has 0 bridgehead atoms. The largest absolute Gasteiger partial charge is 0.348 e. The van der Waals surface area contributed by atoms with Crippen molar-refractivity contribution in [2.75, 3.05) is 0 Å². The fourth-order valence-corrected chi connectivity index (χ4v) is 2.88. The molecule has 0 radical (unpaired) electrons. The zero-order chi connectivity index (χ0) is 13.1. The van der Waals surface area contributed by atoms with Crippen LogP contribution in [0.25, 0.3) is 0 Å². The number of benzene rings is 1. The standard InChI is InChI=1S/C13H11ClINOS/c1-8-2-3-10(5-11(8)15)13(17)16-6-9-4-12(14)18-7-9/h2-5,7H,6H2,1H3,(H,16,17). The number of halogens is 2. The molecule has 1 aromatic heterocycles. The van der Waals surface area contributed by atoms with Gasteiger partial charge in [0.05, 0.1) is 4.34 Å². The number of hydrogen-bond acceptors (Lipinski definition) is 2. The highest BCUT2D eigenvalue weighted by Gasteiger charge is 2.07. The Labute approximate surface area is 129 Å². The summed E-state index contributed by atoms with van der Waals surface area (Å²) >= 11 is 9.54. The van der Waals surface area contributed by atoms with Gasteiger partial charge in [-0.25, -0.2) is 0 Å². The van der Waals surface area contributed by atoms with Crippen molar-refractivity contribution in [3.63, 3.8) is 0 Å². The Bertz CT molecular complexity index is 582. The van der Waals surface area contributed by atoms with Gasteiger partial charge in [0.15, 0.2) is 0 Å². The van der Waals surface area contributed by atoms with E-state index < -0.39 is 0 Å². The van der Waals surface area contributed by atoms with E-state index in [9.17, 15) is 4.79 Å². The topological polar surface area (TPSA) is 29.1 Å². The van der Waals surface area contributed by atoms with E-state index in [2.05, 4.69) is 27.9 Å². The molecule has 0 spiro atoms. The van der Waals surface area contributed by atoms with Crippen molar-refractivity contribution in [1.29, 1.82) is 0 Å². The molecule has 0 saturated heterocycles. The van der Waals surface area contributed by atoms with Gasteiger partial charge in [-0.1, -0.05) is 17.7 Å². The number of carbonyl (C=O) groups is 1. The minimum absolute atomic E-state index is 0.0600. The minimum atomic E-state index is -0.0600. The van der Waals surface area contributed by atoms with Crippen LogP contribution in [0.3, 0.4) is 0 Å². The maximum atomic E-state index is 11.9. The molecule has 0 aliphatic carbocycles. The summed E-state index contributed by atoms with van der Waals surface area (Å²) in [5.41, 5.74) is 2.89. The lowest BCUT2D eigenvalue weighted by atomic mass is 10.1. The second-order valence-electron chi connectivity index (χ2n) is 3.91. The van der Waals surface area contributed by atoms with Crippen LogP contribution in [-0.2, 0) is 6.54 Å². The highest BCUT2D eigenvalue weighted by atomic mass is 127. The van der Waals surface area contributed by atoms with E-state index in [0.717, 1.165) is 13.5 Å². The Hall–Kier alpha value is -0.590. The third kappa shape index (κ3) is 3.46. The Balaban J connectivity index is 2.01. The van der Waals surface area contributed by atoms with Crippen molar-refractivity contribution in [1.82, 2.24) is 5.32 Å². The van der Waals surface area contributed by atoms with Crippen molar-refractivity contribution in [3.8, 4) is 0 Å². The van der Waals surface area contributed by atoms with Gasteiger partial charge in [0.2, 0.25) is 0 Å². The molecular formula is C13H11ClINOS. The quantitative estimate of drug-likeness (QED) is 0.779. The molecule has 1 heterocycles. The summed E-state index contributed by atoms with van der Waals surface area (Å²) in [7, 11) is 0. The van der Waals surface area contributed by atoms with Crippen molar-refractivity contribution in [2.24, 2.45) is 0 Å². The fraction of sp³-hybridized carbons (Fsp3) is 0.154. The van der Waals surface area contributed by atoms with Crippen LogP contribution in [0.5, 0.6) is 0 Å². The predicted octanol–water partition coefficient (Wildman–Crippen LogP) is 4.24. The van der Waals surface area contributed by atoms with Crippen LogP contribution in [0.1, 0.15) is 21.5 Å². The van der Waals surface area contributed by atoms with Gasteiger partial charge in [0.25, 0.3) is 5.91 Å². The highest BCUT2D eigenvalue weighted by molar-refractivity contribution is 14.1. The zero-order valence-corrected chi connectivity index (χ0v) is 13.4. The number of aryl methyl sites for hydroxylation is 1. The van der Waals surface area contributed by atoms with Crippen LogP contribution in [-0.4, -0.2) is 5.91 Å². The first-order valence-electron chi connectivity index (χ1n) is 5.33. The van der Waals surface area contributed by atoms with Gasteiger partial charge in [0.1, 0.15) is 0 Å². The smallest absolute Gasteiger partial charge is 0.251 e. The third-order valence-electron chi connectivity index (χ3n) is 2.51. The molecule has 1 amide bonds. The van der Waals surface area contributed by atoms with E-state index >= 15 is 0 Å². The lowest BCUT2D eigenvalue weighted by Crippen LogP contribution is -2.22. The lowest BCUT2D eigenvalue weighted by molar-refractivity contribution is 0.0951. The van der Waals surface area contributed by atoms with E-state index in [1.807, 2.05) is 36.6 Å². The highest BCUT2D eigenvalue weighted by Crippen LogP contribution is 2.20. The summed E-state index contributed by atoms with van der Waals surface area (Å²) in [5.74, 6) is -0.0600. The van der Waals surface area contributed by atoms with E-state index in [1.165, 1.54) is 16.9 Å². The summed E-state index contributed by atoms with van der Waals surface area (Å²) in [5, 5.41) is 4.83. The van der Waals surface area contributed by atoms with Crippen LogP contribution in [0.4, 0.5) is 0 Å². The summed E-state index contributed by atoms with van der Waals surface area (Å²) in [4.78, 5) is 11.9. The van der Waals surface area contributed by atoms with Gasteiger partial charge < -0.3 is 5.32 Å². The molecule has 0 fully saturated rings. The lowest BCUT2D eigenvalue weighted by Gasteiger charge is -2.05. The van der Waals surface area contributed by atoms with Crippen LogP contribution in [0.2, 0.25) is 4.34 Å². The first-order chi connectivity index (χ1) is 8.56. The average Bonchev–Trinajstić information content (AvgIpc) is 2.75. The van der Waals surface area contributed by atoms with Crippen LogP contribution in [0, 0.1) is 10.5 Å². The van der Waals surface area contributed by atoms with Crippen molar-refractivity contribution >= 4 is 51.4 Å². The predicted molar refractivity (Wildman–Crippen MR) is 84.4 cm³/mol. The molecule has 0 saturated carbocycles. The van der Waals surface area contributed by atoms with Gasteiger partial charge in [-0.2, -0.15) is 0 Å². The maximum absolute atomic E-state index is 11.9. The van der Waals surface area contributed by atoms with E-state index in [1.54, 1.807) is 0 Å². The molecular weight excluding hydrogens is 381 g/mol. The summed E-state index contributed by atoms with van der Waals surface area (Å²) in [6.07, 6.45) is 0. The zero-order valence-electron chi connectivity index (χ0n) is 9.67. The number of amides is 1. The molecule has 2 rings (SSSR count). The van der Waals surface area contributed by atoms with E-state index in [4.69, 9.17) is 11.6 Å². The molecule has 1 N–H and O–H groups in total. The van der Waals surface area contributed by atoms with Gasteiger partial charge >= 0.3 is 0 Å². The third-order valence-corrected chi connectivity index (χ3v) is 4.81. The summed E-state index contributed by atoms with van der Waals surface area (Å²) in [6, 6.07) is 7.56. The van der Waals surface area contributed by atoms with Gasteiger partial charge in [0, 0.05) is 15.7 Å². The first kappa shape index (κ1) is 13.8. The summed E-state index contributed by atoms with van der Waals surface area (Å²) in [6.45, 7) is 2.53. The molecule has 1 aromatic carbocycles. The molecule has 2 aromatic rings. The van der Waals surface area contributed by atoms with Gasteiger partial charge in [-0.05, 0) is 64.2 Å². The number of carbonyl (C=O) groups excluding carboxylic acids is 1. The SMILES string of the molecule is Cc1ccc(C(=O)NCc2csc(Cl)c2)cc1I. The normalized spacial score (nSPS) is 10.4. The first-order valence-corrected chi connectivity index (χ1v) is 7.67. The number of nitrogens with one attached hydrogen (secondary N) is 1. The monoisotopic (exact) mass is 391 g/mol. The molecule has 0 aliphatic heterocycles. The minimum Gasteiger partial charge on any atom is -0.348 e. The second-order valence-corrected chi connectivity index (χ2v) is 6.61. The van der Waals surface area contributed by atoms with Crippen LogP contribution in [0.15, 0.2) is 29.6 Å². The molecule has 2 nitrogen and oxygen atoms in total. The molecule has 0 aliphatic rings. The Kier molecular flexibility index (Phi) is 4.64. The average molecular weight is 392 g/mol. The molecule has 18 heavy (non-hydrogen) atoms. The van der Waals surface area contributed by atoms with E-state index in [-0.39, 0.29) is 5.91 Å². The number of hydrogen-bond donors (Lipinski definition) is 1. The maximum Gasteiger partial charge on any atom is 0.251 e. The van der Waals surface area contributed by atoms with Crippen LogP contribution >= 0.6 is 45.5 Å². The van der Waals surface area contributed by atoms with Crippen molar-refractivity contribution in [3.05, 3.63) is 54.2 Å². The van der Waals surface area contributed by atoms with Gasteiger partial charge in [-0.3, -0.25) is 4.79 Å². The molecule has 5 heteroatoms. The Morgan fingerprint density at radius 2 is 2.22 bits per heavy atom. The Morgan fingerprint density at radius 3 is 2.83 bits per heavy atom. The molecule has 0 atom stereocenters. The Morgan fingerprint density at radius 1 is 1.44 bits per heavy atom. The fourth-order valence-electron chi connectivity index (χ4n) is 1.46. The molecule has 94 valence electrons. The number of thiophene rings is 1. The summed E-state index contributed by atoms with van der Waals surface area (Å²) < 4.78 is 1.84. The van der Waals surface area contributed by atoms with E-state index in [0.29, 0.717) is 12.1 Å². The molecule has 0 unspecified atom stereocenters. The van der Waals surface area contributed by atoms with Crippen LogP contribution < -0.4 is 5.32 Å². The van der Waals surface area contributed by atoms with Crippen molar-refractivity contribution < 1.29 is 4.79 Å². The van der Waals surface area contributed by atoms with Gasteiger partial charge in [-0.15, -0.1) is 11.3 Å². The van der Waals surface area contributed by atoms with Crippen molar-refractivity contribution in [2.45, 2.75) is 13.5 Å². The number of rotatable bonds is 3.